The first-order valence-electron chi connectivity index (χ1n) is 7.83. The fourth-order valence-corrected chi connectivity index (χ4v) is 5.70. The molecule has 1 aromatic carbocycles. The Morgan fingerprint density at radius 3 is 2.40 bits per heavy atom. The van der Waals surface area contributed by atoms with Gasteiger partial charge in [-0.1, -0.05) is 86.3 Å². The molecule has 0 aliphatic rings. The van der Waals surface area contributed by atoms with Gasteiger partial charge >= 0.3 is 0 Å². The number of hydrogen-bond acceptors (Lipinski definition) is 0. The van der Waals surface area contributed by atoms with Crippen molar-refractivity contribution >= 4 is 13.3 Å². The van der Waals surface area contributed by atoms with Gasteiger partial charge in [0.05, 0.1) is 8.07 Å². The maximum absolute atomic E-state index is 4.22. The predicted molar refractivity (Wildman–Crippen MR) is 95.3 cm³/mol. The van der Waals surface area contributed by atoms with Crippen molar-refractivity contribution < 1.29 is 0 Å². The van der Waals surface area contributed by atoms with Crippen LogP contribution in [0.25, 0.3) is 0 Å². The van der Waals surface area contributed by atoms with E-state index in [4.69, 9.17) is 0 Å². The lowest BCUT2D eigenvalue weighted by Crippen LogP contribution is -2.42. The highest BCUT2D eigenvalue weighted by molar-refractivity contribution is 6.89. The Kier molecular flexibility index (Phi) is 7.01. The molecule has 0 aliphatic heterocycles. The quantitative estimate of drug-likeness (QED) is 0.435. The summed E-state index contributed by atoms with van der Waals surface area (Å²) in [6, 6.07) is 12.3. The standard InChI is InChI=1S/C19H30Si/c1-6-7-8-10-13-18(17(2)3)16-20(4,5)19-14-11-9-12-15-19/h8-12,14-15,18H,2,6-7,13,16H2,1,3-5H3/b10-8+. The van der Waals surface area contributed by atoms with E-state index in [2.05, 4.69) is 76.0 Å². The molecule has 1 aromatic rings. The largest absolute Gasteiger partial charge is 0.0999 e. The van der Waals surface area contributed by atoms with E-state index < -0.39 is 8.07 Å². The molecule has 0 amide bonds. The Morgan fingerprint density at radius 2 is 1.85 bits per heavy atom. The van der Waals surface area contributed by atoms with Crippen LogP contribution >= 0.6 is 0 Å². The zero-order valence-corrected chi connectivity index (χ0v) is 14.7. The maximum atomic E-state index is 4.22. The second-order valence-corrected chi connectivity index (χ2v) is 11.2. The van der Waals surface area contributed by atoms with Crippen LogP contribution in [0.4, 0.5) is 0 Å². The van der Waals surface area contributed by atoms with Gasteiger partial charge in [-0.2, -0.15) is 0 Å². The topological polar surface area (TPSA) is 0 Å². The monoisotopic (exact) mass is 286 g/mol. The SMILES string of the molecule is C=C(C)C(C/C=C/CCC)C[Si](C)(C)c1ccccc1. The molecular weight excluding hydrogens is 256 g/mol. The molecule has 0 N–H and O–H groups in total. The van der Waals surface area contributed by atoms with E-state index in [0.29, 0.717) is 5.92 Å². The third-order valence-electron chi connectivity index (χ3n) is 4.05. The normalized spacial score (nSPS) is 13.6. The minimum Gasteiger partial charge on any atom is -0.0999 e. The van der Waals surface area contributed by atoms with E-state index in [1.54, 1.807) is 5.19 Å². The summed E-state index contributed by atoms with van der Waals surface area (Å²) in [6.45, 7) is 13.6. The van der Waals surface area contributed by atoms with Crippen LogP contribution in [0.5, 0.6) is 0 Å². The van der Waals surface area contributed by atoms with Crippen molar-refractivity contribution in [2.75, 3.05) is 0 Å². The fourth-order valence-electron chi connectivity index (χ4n) is 2.63. The number of hydrogen-bond donors (Lipinski definition) is 0. The van der Waals surface area contributed by atoms with Crippen molar-refractivity contribution in [1.29, 1.82) is 0 Å². The van der Waals surface area contributed by atoms with Crippen molar-refractivity contribution in [3.63, 3.8) is 0 Å². The van der Waals surface area contributed by atoms with E-state index in [-0.39, 0.29) is 0 Å². The van der Waals surface area contributed by atoms with Gasteiger partial charge in [0.25, 0.3) is 0 Å². The van der Waals surface area contributed by atoms with Gasteiger partial charge in [0.15, 0.2) is 0 Å². The summed E-state index contributed by atoms with van der Waals surface area (Å²) < 4.78 is 0. The molecule has 0 spiro atoms. The van der Waals surface area contributed by atoms with Gasteiger partial charge in [-0.25, -0.2) is 0 Å². The van der Waals surface area contributed by atoms with Crippen molar-refractivity contribution in [2.45, 2.75) is 52.2 Å². The molecule has 1 rings (SSSR count). The zero-order valence-electron chi connectivity index (χ0n) is 13.7. The van der Waals surface area contributed by atoms with Crippen LogP contribution in [0, 0.1) is 5.92 Å². The predicted octanol–water partition coefficient (Wildman–Crippen LogP) is 5.54. The molecule has 20 heavy (non-hydrogen) atoms. The molecule has 0 aliphatic carbocycles. The van der Waals surface area contributed by atoms with Crippen molar-refractivity contribution in [3.8, 4) is 0 Å². The van der Waals surface area contributed by atoms with E-state index in [1.807, 2.05) is 0 Å². The number of rotatable bonds is 8. The van der Waals surface area contributed by atoms with Crippen LogP contribution in [0.2, 0.25) is 19.1 Å². The Morgan fingerprint density at radius 1 is 1.20 bits per heavy atom. The minimum atomic E-state index is -1.37. The van der Waals surface area contributed by atoms with Crippen LogP contribution in [0.1, 0.15) is 33.1 Å². The molecule has 0 heterocycles. The smallest absolute Gasteiger partial charge is 0.0812 e. The van der Waals surface area contributed by atoms with Crippen LogP contribution in [-0.4, -0.2) is 8.07 Å². The fraction of sp³-hybridized carbons (Fsp3) is 0.474. The maximum Gasteiger partial charge on any atom is 0.0812 e. The second-order valence-electron chi connectivity index (χ2n) is 6.49. The van der Waals surface area contributed by atoms with E-state index in [0.717, 1.165) is 6.42 Å². The summed E-state index contributed by atoms with van der Waals surface area (Å²) >= 11 is 0. The summed E-state index contributed by atoms with van der Waals surface area (Å²) in [7, 11) is -1.37. The molecule has 1 heteroatoms. The van der Waals surface area contributed by atoms with Crippen LogP contribution in [0.15, 0.2) is 54.6 Å². The highest BCUT2D eigenvalue weighted by Crippen LogP contribution is 2.26. The summed E-state index contributed by atoms with van der Waals surface area (Å²) in [5, 5.41) is 1.56. The molecule has 110 valence electrons. The third kappa shape index (κ3) is 5.50. The van der Waals surface area contributed by atoms with Gasteiger partial charge in [-0.3, -0.25) is 0 Å². The number of allylic oxidation sites excluding steroid dienone is 3. The molecule has 1 atom stereocenters. The van der Waals surface area contributed by atoms with E-state index in [1.165, 1.54) is 24.5 Å². The van der Waals surface area contributed by atoms with Gasteiger partial charge < -0.3 is 0 Å². The Bertz CT molecular complexity index is 428. The average Bonchev–Trinajstić information content (AvgIpc) is 2.43. The van der Waals surface area contributed by atoms with Crippen molar-refractivity contribution in [3.05, 3.63) is 54.6 Å². The lowest BCUT2D eigenvalue weighted by molar-refractivity contribution is 0.684. The second kappa shape index (κ2) is 8.26. The summed E-state index contributed by atoms with van der Waals surface area (Å²) in [4.78, 5) is 0. The van der Waals surface area contributed by atoms with Crippen LogP contribution in [-0.2, 0) is 0 Å². The van der Waals surface area contributed by atoms with Gasteiger partial charge in [0.2, 0.25) is 0 Å². The summed E-state index contributed by atoms with van der Waals surface area (Å²) in [5.74, 6) is 0.630. The number of benzene rings is 1. The van der Waals surface area contributed by atoms with Gasteiger partial charge in [0, 0.05) is 0 Å². The Labute approximate surface area is 126 Å². The van der Waals surface area contributed by atoms with E-state index in [9.17, 15) is 0 Å². The average molecular weight is 287 g/mol. The molecule has 0 nitrogen and oxygen atoms in total. The Hall–Kier alpha value is -1.08. The van der Waals surface area contributed by atoms with Crippen LogP contribution in [0.3, 0.4) is 0 Å². The van der Waals surface area contributed by atoms with Gasteiger partial charge in [-0.15, -0.1) is 0 Å². The van der Waals surface area contributed by atoms with Crippen molar-refractivity contribution in [2.24, 2.45) is 5.92 Å². The molecule has 0 saturated heterocycles. The van der Waals surface area contributed by atoms with Crippen LogP contribution < -0.4 is 5.19 Å². The first-order chi connectivity index (χ1) is 9.47. The minimum absolute atomic E-state index is 0.630. The molecule has 0 saturated carbocycles. The Balaban J connectivity index is 2.72. The molecule has 0 fully saturated rings. The molecule has 0 radical (unpaired) electrons. The highest BCUT2D eigenvalue weighted by Gasteiger charge is 2.27. The summed E-state index contributed by atoms with van der Waals surface area (Å²) in [5.41, 5.74) is 1.34. The first-order valence-corrected chi connectivity index (χ1v) is 11.0. The van der Waals surface area contributed by atoms with Gasteiger partial charge in [-0.05, 0) is 31.7 Å². The van der Waals surface area contributed by atoms with Gasteiger partial charge in [0.1, 0.15) is 0 Å². The highest BCUT2D eigenvalue weighted by atomic mass is 28.3. The lowest BCUT2D eigenvalue weighted by Gasteiger charge is -2.28. The number of unbranched alkanes of at least 4 members (excludes halogenated alkanes) is 1. The molecule has 1 unspecified atom stereocenters. The molecular formula is C19H30Si. The molecule has 0 bridgehead atoms. The summed E-state index contributed by atoms with van der Waals surface area (Å²) in [6.07, 6.45) is 8.27. The van der Waals surface area contributed by atoms with Crippen molar-refractivity contribution in [1.82, 2.24) is 0 Å². The first kappa shape index (κ1) is 17.0. The zero-order chi connectivity index (χ0) is 15.0. The lowest BCUT2D eigenvalue weighted by atomic mass is 10.00. The van der Waals surface area contributed by atoms with E-state index >= 15 is 0 Å². The third-order valence-corrected chi connectivity index (χ3v) is 7.46. The molecule has 0 aromatic heterocycles.